The second-order valence-corrected chi connectivity index (χ2v) is 6.08. The Hall–Kier alpha value is -1.28. The van der Waals surface area contributed by atoms with Gasteiger partial charge in [-0.1, -0.05) is 15.9 Å². The summed E-state index contributed by atoms with van der Waals surface area (Å²) in [4.78, 5) is 12.2. The van der Waals surface area contributed by atoms with Crippen molar-refractivity contribution in [1.29, 1.82) is 0 Å². The van der Waals surface area contributed by atoms with Gasteiger partial charge in [0.15, 0.2) is 0 Å². The Labute approximate surface area is 126 Å². The second kappa shape index (κ2) is 4.88. The minimum Gasteiger partial charge on any atom is -0.465 e. The highest BCUT2D eigenvalue weighted by molar-refractivity contribution is 9.10. The molecule has 2 unspecified atom stereocenters. The van der Waals surface area contributed by atoms with Crippen LogP contribution >= 0.6 is 15.9 Å². The lowest BCUT2D eigenvalue weighted by atomic mass is 9.87. The van der Waals surface area contributed by atoms with Gasteiger partial charge >= 0.3 is 12.3 Å². The molecule has 0 spiro atoms. The van der Waals surface area contributed by atoms with Crippen molar-refractivity contribution >= 4 is 22.0 Å². The smallest absolute Gasteiger partial charge is 0.416 e. The summed E-state index contributed by atoms with van der Waals surface area (Å²) in [6.45, 7) is 0.195. The van der Waals surface area contributed by atoms with Crippen LogP contribution in [0, 0.1) is 0 Å². The van der Waals surface area contributed by atoms with Crippen molar-refractivity contribution in [3.8, 4) is 0 Å². The zero-order chi connectivity index (χ0) is 15.4. The number of carbonyl (C=O) groups is 1. The molecular formula is C13H11BrF3NO3. The number of rotatable bonds is 0. The van der Waals surface area contributed by atoms with Gasteiger partial charge < -0.3 is 14.7 Å². The molecule has 0 aliphatic carbocycles. The lowest BCUT2D eigenvalue weighted by Gasteiger charge is -2.30. The van der Waals surface area contributed by atoms with E-state index in [1.807, 2.05) is 0 Å². The maximum absolute atomic E-state index is 13.1. The molecule has 2 heterocycles. The number of hydrogen-bond acceptors (Lipinski definition) is 2. The first kappa shape index (κ1) is 14.6. The van der Waals surface area contributed by atoms with Crippen LogP contribution in [-0.2, 0) is 17.5 Å². The van der Waals surface area contributed by atoms with Gasteiger partial charge in [-0.2, -0.15) is 13.2 Å². The molecule has 2 aliphatic rings. The molecule has 2 aliphatic heterocycles. The van der Waals surface area contributed by atoms with Crippen LogP contribution in [0.3, 0.4) is 0 Å². The van der Waals surface area contributed by atoms with Crippen LogP contribution in [0.4, 0.5) is 18.0 Å². The quantitative estimate of drug-likeness (QED) is 0.765. The van der Waals surface area contributed by atoms with Crippen molar-refractivity contribution in [2.75, 3.05) is 13.1 Å². The van der Waals surface area contributed by atoms with Crippen LogP contribution in [0.25, 0.3) is 0 Å². The van der Waals surface area contributed by atoms with Crippen LogP contribution in [0.15, 0.2) is 16.6 Å². The molecule has 1 fully saturated rings. The van der Waals surface area contributed by atoms with E-state index in [1.54, 1.807) is 6.07 Å². The molecular weight excluding hydrogens is 355 g/mol. The summed E-state index contributed by atoms with van der Waals surface area (Å²) in [6.07, 6.45) is -5.93. The van der Waals surface area contributed by atoms with E-state index in [2.05, 4.69) is 15.9 Å². The number of carboxylic acid groups (broad SMARTS) is 1. The zero-order valence-electron chi connectivity index (χ0n) is 10.7. The second-order valence-electron chi connectivity index (χ2n) is 5.16. The minimum atomic E-state index is -4.46. The number of ether oxygens (including phenoxy) is 1. The Balaban J connectivity index is 2.06. The number of likely N-dealkylation sites (tertiary alicyclic amines) is 1. The molecule has 0 saturated carbocycles. The van der Waals surface area contributed by atoms with Crippen LogP contribution in [0.2, 0.25) is 0 Å². The van der Waals surface area contributed by atoms with Crippen molar-refractivity contribution in [2.24, 2.45) is 0 Å². The third-order valence-corrected chi connectivity index (χ3v) is 4.39. The Morgan fingerprint density at radius 3 is 2.71 bits per heavy atom. The Morgan fingerprint density at radius 1 is 1.38 bits per heavy atom. The summed E-state index contributed by atoms with van der Waals surface area (Å²) < 4.78 is 45.2. The first-order valence-electron chi connectivity index (χ1n) is 6.26. The molecule has 1 saturated heterocycles. The maximum Gasteiger partial charge on any atom is 0.416 e. The lowest BCUT2D eigenvalue weighted by molar-refractivity contribution is -0.139. The van der Waals surface area contributed by atoms with E-state index >= 15 is 0 Å². The standard InChI is InChI=1S/C13H11BrF3NO3/c14-6-1-7-8-3-18(12(19)20)4-11(8)21-5-9(7)10(2-6)13(15,16)17/h1-2,8,11H,3-5H2,(H,19,20). The van der Waals surface area contributed by atoms with Gasteiger partial charge in [0, 0.05) is 16.9 Å². The van der Waals surface area contributed by atoms with Crippen molar-refractivity contribution in [1.82, 2.24) is 4.90 Å². The highest BCUT2D eigenvalue weighted by atomic mass is 79.9. The third-order valence-electron chi connectivity index (χ3n) is 3.93. The first-order valence-corrected chi connectivity index (χ1v) is 7.05. The number of alkyl halides is 3. The van der Waals surface area contributed by atoms with Gasteiger partial charge in [0.2, 0.25) is 0 Å². The molecule has 0 bridgehead atoms. The normalized spacial score (nSPS) is 24.7. The summed E-state index contributed by atoms with van der Waals surface area (Å²) in [7, 11) is 0. The predicted octanol–water partition coefficient (Wildman–Crippen LogP) is 3.44. The van der Waals surface area contributed by atoms with E-state index in [0.29, 0.717) is 10.0 Å². The van der Waals surface area contributed by atoms with Crippen LogP contribution in [0.1, 0.15) is 22.6 Å². The Morgan fingerprint density at radius 2 is 2.10 bits per heavy atom. The third kappa shape index (κ3) is 2.50. The topological polar surface area (TPSA) is 49.8 Å². The first-order chi connectivity index (χ1) is 9.77. The summed E-state index contributed by atoms with van der Waals surface area (Å²) >= 11 is 3.10. The zero-order valence-corrected chi connectivity index (χ0v) is 12.2. The van der Waals surface area contributed by atoms with Crippen molar-refractivity contribution in [2.45, 2.75) is 24.8 Å². The fraction of sp³-hybridized carbons (Fsp3) is 0.462. The van der Waals surface area contributed by atoms with E-state index in [9.17, 15) is 18.0 Å². The highest BCUT2D eigenvalue weighted by Crippen LogP contribution is 2.43. The highest BCUT2D eigenvalue weighted by Gasteiger charge is 2.44. The van der Waals surface area contributed by atoms with Gasteiger partial charge in [0.1, 0.15) is 0 Å². The maximum atomic E-state index is 13.1. The van der Waals surface area contributed by atoms with Gasteiger partial charge in [-0.25, -0.2) is 4.79 Å². The number of benzene rings is 1. The molecule has 3 rings (SSSR count). The summed E-state index contributed by atoms with van der Waals surface area (Å²) in [6, 6.07) is 2.67. The molecule has 1 aromatic carbocycles. The molecule has 21 heavy (non-hydrogen) atoms. The molecule has 1 N–H and O–H groups in total. The molecule has 0 aromatic heterocycles. The fourth-order valence-electron chi connectivity index (χ4n) is 2.99. The number of nitrogens with zero attached hydrogens (tertiary/aromatic N) is 1. The van der Waals surface area contributed by atoms with Crippen molar-refractivity contribution in [3.05, 3.63) is 33.3 Å². The monoisotopic (exact) mass is 365 g/mol. The van der Waals surface area contributed by atoms with Crippen LogP contribution in [0.5, 0.6) is 0 Å². The molecule has 8 heteroatoms. The van der Waals surface area contributed by atoms with E-state index < -0.39 is 17.8 Å². The lowest BCUT2D eigenvalue weighted by Crippen LogP contribution is -2.29. The number of hydrogen-bond donors (Lipinski definition) is 1. The average Bonchev–Trinajstić information content (AvgIpc) is 2.81. The summed E-state index contributed by atoms with van der Waals surface area (Å²) in [5, 5.41) is 9.03. The van der Waals surface area contributed by atoms with Crippen LogP contribution in [-0.4, -0.2) is 35.3 Å². The molecule has 2 atom stereocenters. The fourth-order valence-corrected chi connectivity index (χ4v) is 3.47. The molecule has 114 valence electrons. The largest absolute Gasteiger partial charge is 0.465 e. The van der Waals surface area contributed by atoms with E-state index in [4.69, 9.17) is 9.84 Å². The minimum absolute atomic E-state index is 0.110. The van der Waals surface area contributed by atoms with Gasteiger partial charge in [-0.15, -0.1) is 0 Å². The molecule has 1 aromatic rings. The number of halogens is 4. The SMILES string of the molecule is O=C(O)N1CC2OCc3c(cc(Br)cc3C(F)(F)F)C2C1. The average molecular weight is 366 g/mol. The van der Waals surface area contributed by atoms with E-state index in [1.165, 1.54) is 4.90 Å². The van der Waals surface area contributed by atoms with E-state index in [-0.39, 0.29) is 37.3 Å². The van der Waals surface area contributed by atoms with Gasteiger partial charge in [-0.05, 0) is 23.3 Å². The van der Waals surface area contributed by atoms with Crippen molar-refractivity contribution in [3.63, 3.8) is 0 Å². The van der Waals surface area contributed by atoms with Crippen LogP contribution < -0.4 is 0 Å². The molecule has 1 amide bonds. The van der Waals surface area contributed by atoms with E-state index in [0.717, 1.165) is 6.07 Å². The molecule has 4 nitrogen and oxygen atoms in total. The Bertz CT molecular complexity index is 605. The van der Waals surface area contributed by atoms with Gasteiger partial charge in [0.05, 0.1) is 24.8 Å². The summed E-state index contributed by atoms with van der Waals surface area (Å²) in [5.74, 6) is -0.358. The number of amides is 1. The Kier molecular flexibility index (Phi) is 3.40. The summed E-state index contributed by atoms with van der Waals surface area (Å²) in [5.41, 5.74) is -0.0880. The van der Waals surface area contributed by atoms with Gasteiger partial charge in [-0.3, -0.25) is 0 Å². The number of fused-ring (bicyclic) bond motifs is 3. The molecule has 0 radical (unpaired) electrons. The van der Waals surface area contributed by atoms with Crippen molar-refractivity contribution < 1.29 is 27.8 Å². The predicted molar refractivity (Wildman–Crippen MR) is 70.1 cm³/mol. The van der Waals surface area contributed by atoms with Gasteiger partial charge in [0.25, 0.3) is 0 Å².